The topological polar surface area (TPSA) is 25.8 Å². The summed E-state index contributed by atoms with van der Waals surface area (Å²) in [5.41, 5.74) is 10.7. The minimum atomic E-state index is 0.741. The predicted octanol–water partition coefficient (Wildman–Crippen LogP) is 11.7. The maximum absolute atomic E-state index is 5.26. The van der Waals surface area contributed by atoms with Crippen molar-refractivity contribution in [3.05, 3.63) is 158 Å². The molecule has 10 rings (SSSR count). The van der Waals surface area contributed by atoms with E-state index in [-0.39, 0.29) is 0 Å². The van der Waals surface area contributed by atoms with Crippen LogP contribution in [0.15, 0.2) is 158 Å². The van der Waals surface area contributed by atoms with Gasteiger partial charge in [-0.3, -0.25) is 0 Å². The fraction of sp³-hybridized carbons (Fsp3) is 0. The van der Waals surface area contributed by atoms with E-state index in [1.54, 1.807) is 0 Å². The molecule has 2 heteroatoms. The first-order chi connectivity index (χ1) is 22.8. The van der Waals surface area contributed by atoms with Crippen molar-refractivity contribution in [3.8, 4) is 56.0 Å². The van der Waals surface area contributed by atoms with Gasteiger partial charge >= 0.3 is 0 Å². The van der Waals surface area contributed by atoms with E-state index in [9.17, 15) is 0 Å². The third-order valence-corrected chi connectivity index (χ3v) is 9.63. The number of aromatic nitrogens is 2. The highest BCUT2D eigenvalue weighted by Crippen LogP contribution is 2.52. The summed E-state index contributed by atoms with van der Waals surface area (Å²) in [6, 6.07) is 54.7. The SMILES string of the molecule is c1ccc(-c2ccc3c(-c4ccnc(-c5ccc6c7c(cc8ccccc8c57)-c5cc7ccccc7cc5-6)n4)cccc3c2)cc1. The first kappa shape index (κ1) is 25.2. The Morgan fingerprint density at radius 1 is 0.348 bits per heavy atom. The molecule has 1 aliphatic carbocycles. The Balaban J connectivity index is 1.18. The van der Waals surface area contributed by atoms with Gasteiger partial charge in [0, 0.05) is 22.7 Å². The number of hydrogen-bond donors (Lipinski definition) is 0. The van der Waals surface area contributed by atoms with E-state index >= 15 is 0 Å². The summed E-state index contributed by atoms with van der Waals surface area (Å²) in [6.45, 7) is 0. The third kappa shape index (κ3) is 3.71. The molecule has 0 spiro atoms. The van der Waals surface area contributed by atoms with E-state index in [4.69, 9.17) is 9.97 Å². The van der Waals surface area contributed by atoms with E-state index in [0.29, 0.717) is 0 Å². The highest BCUT2D eigenvalue weighted by Gasteiger charge is 2.26. The van der Waals surface area contributed by atoms with Gasteiger partial charge in [0.1, 0.15) is 0 Å². The van der Waals surface area contributed by atoms with Crippen molar-refractivity contribution in [2.75, 3.05) is 0 Å². The lowest BCUT2D eigenvalue weighted by molar-refractivity contribution is 1.19. The molecule has 1 heterocycles. The molecule has 0 atom stereocenters. The molecule has 8 aromatic carbocycles. The Morgan fingerprint density at radius 3 is 1.87 bits per heavy atom. The van der Waals surface area contributed by atoms with Crippen molar-refractivity contribution in [2.45, 2.75) is 0 Å². The maximum Gasteiger partial charge on any atom is 0.160 e. The van der Waals surface area contributed by atoms with E-state index in [1.165, 1.54) is 76.5 Å². The zero-order chi connectivity index (χ0) is 30.2. The molecule has 1 aromatic heterocycles. The smallest absolute Gasteiger partial charge is 0.160 e. The van der Waals surface area contributed by atoms with Crippen LogP contribution in [-0.2, 0) is 0 Å². The zero-order valence-corrected chi connectivity index (χ0v) is 24.9. The third-order valence-electron chi connectivity index (χ3n) is 9.63. The van der Waals surface area contributed by atoms with Gasteiger partial charge in [-0.1, -0.05) is 115 Å². The lowest BCUT2D eigenvalue weighted by Crippen LogP contribution is -1.94. The first-order valence-corrected chi connectivity index (χ1v) is 15.7. The summed E-state index contributed by atoms with van der Waals surface area (Å²) >= 11 is 0. The standard InChI is InChI=1S/C44H26N2/c1-2-9-27(10-3-1)30-17-18-33-31(23-30)14-8-16-35(33)41-21-22-45-44(46-41)37-20-19-36-38-24-28-11-4-5-12-29(28)25-39(38)40-26-32-13-6-7-15-34(32)42(37)43(36)40/h1-26H. The molecular formula is C44H26N2. The molecule has 0 amide bonds. The van der Waals surface area contributed by atoms with Gasteiger partial charge in [0.15, 0.2) is 5.82 Å². The molecular weight excluding hydrogens is 556 g/mol. The molecule has 46 heavy (non-hydrogen) atoms. The molecule has 0 bridgehead atoms. The summed E-state index contributed by atoms with van der Waals surface area (Å²) in [5.74, 6) is 0.741. The van der Waals surface area contributed by atoms with Crippen LogP contribution in [0.2, 0.25) is 0 Å². The van der Waals surface area contributed by atoms with Gasteiger partial charge < -0.3 is 0 Å². The summed E-state index contributed by atoms with van der Waals surface area (Å²) in [7, 11) is 0. The van der Waals surface area contributed by atoms with E-state index < -0.39 is 0 Å². The second-order valence-corrected chi connectivity index (χ2v) is 12.2. The number of fused-ring (bicyclic) bond motifs is 7. The highest BCUT2D eigenvalue weighted by atomic mass is 14.9. The highest BCUT2D eigenvalue weighted by molar-refractivity contribution is 6.27. The number of hydrogen-bond acceptors (Lipinski definition) is 2. The molecule has 0 saturated heterocycles. The van der Waals surface area contributed by atoms with E-state index in [2.05, 4.69) is 146 Å². The van der Waals surface area contributed by atoms with Crippen molar-refractivity contribution in [1.29, 1.82) is 0 Å². The second-order valence-electron chi connectivity index (χ2n) is 12.2. The monoisotopic (exact) mass is 582 g/mol. The van der Waals surface area contributed by atoms with Crippen LogP contribution in [0.4, 0.5) is 0 Å². The van der Waals surface area contributed by atoms with Crippen molar-refractivity contribution in [3.63, 3.8) is 0 Å². The van der Waals surface area contributed by atoms with Crippen LogP contribution in [0.3, 0.4) is 0 Å². The van der Waals surface area contributed by atoms with Gasteiger partial charge in [0.2, 0.25) is 0 Å². The van der Waals surface area contributed by atoms with Crippen LogP contribution in [0.5, 0.6) is 0 Å². The molecule has 0 unspecified atom stereocenters. The number of rotatable bonds is 3. The van der Waals surface area contributed by atoms with Gasteiger partial charge in [-0.2, -0.15) is 0 Å². The Hall–Kier alpha value is -6.12. The summed E-state index contributed by atoms with van der Waals surface area (Å²) in [6.07, 6.45) is 1.90. The molecule has 0 saturated carbocycles. The summed E-state index contributed by atoms with van der Waals surface area (Å²) < 4.78 is 0. The van der Waals surface area contributed by atoms with Gasteiger partial charge in [-0.15, -0.1) is 0 Å². The van der Waals surface area contributed by atoms with Crippen molar-refractivity contribution in [1.82, 2.24) is 9.97 Å². The van der Waals surface area contributed by atoms with Crippen molar-refractivity contribution in [2.24, 2.45) is 0 Å². The minimum absolute atomic E-state index is 0.741. The van der Waals surface area contributed by atoms with Gasteiger partial charge in [0.25, 0.3) is 0 Å². The molecule has 9 aromatic rings. The fourth-order valence-electron chi connectivity index (χ4n) is 7.51. The lowest BCUT2D eigenvalue weighted by Gasteiger charge is -2.13. The van der Waals surface area contributed by atoms with E-state index in [0.717, 1.165) is 22.6 Å². The summed E-state index contributed by atoms with van der Waals surface area (Å²) in [5, 5.41) is 9.85. The van der Waals surface area contributed by atoms with Crippen LogP contribution in [0.1, 0.15) is 0 Å². The van der Waals surface area contributed by atoms with Crippen LogP contribution in [0, 0.1) is 0 Å². The van der Waals surface area contributed by atoms with Gasteiger partial charge in [0.05, 0.1) is 5.69 Å². The Labute approximate surface area is 266 Å². The molecule has 212 valence electrons. The molecule has 1 aliphatic rings. The Kier molecular flexibility index (Phi) is 5.31. The number of benzene rings is 8. The normalized spacial score (nSPS) is 11.9. The molecule has 0 aliphatic heterocycles. The molecule has 0 radical (unpaired) electrons. The second kappa shape index (κ2) is 9.69. The quantitative estimate of drug-likeness (QED) is 0.194. The average Bonchev–Trinajstić information content (AvgIpc) is 3.43. The molecule has 0 N–H and O–H groups in total. The lowest BCUT2D eigenvalue weighted by atomic mass is 9.92. The van der Waals surface area contributed by atoms with Crippen molar-refractivity contribution >= 4 is 43.1 Å². The fourth-order valence-corrected chi connectivity index (χ4v) is 7.51. The van der Waals surface area contributed by atoms with E-state index in [1.807, 2.05) is 12.3 Å². The Bertz CT molecular complexity index is 2690. The maximum atomic E-state index is 5.26. The largest absolute Gasteiger partial charge is 0.237 e. The minimum Gasteiger partial charge on any atom is -0.237 e. The Morgan fingerprint density at radius 2 is 1.02 bits per heavy atom. The first-order valence-electron chi connectivity index (χ1n) is 15.7. The average molecular weight is 583 g/mol. The van der Waals surface area contributed by atoms with Crippen LogP contribution in [0.25, 0.3) is 99.1 Å². The summed E-state index contributed by atoms with van der Waals surface area (Å²) in [4.78, 5) is 10.2. The molecule has 2 nitrogen and oxygen atoms in total. The number of nitrogens with zero attached hydrogens (tertiary/aromatic N) is 2. The van der Waals surface area contributed by atoms with Crippen LogP contribution < -0.4 is 0 Å². The molecule has 0 fully saturated rings. The van der Waals surface area contributed by atoms with Gasteiger partial charge in [-0.25, -0.2) is 9.97 Å². The zero-order valence-electron chi connectivity index (χ0n) is 24.9. The van der Waals surface area contributed by atoms with Crippen LogP contribution in [-0.4, -0.2) is 9.97 Å². The predicted molar refractivity (Wildman–Crippen MR) is 193 cm³/mol. The van der Waals surface area contributed by atoms with Crippen LogP contribution >= 0.6 is 0 Å². The van der Waals surface area contributed by atoms with Crippen molar-refractivity contribution < 1.29 is 0 Å². The van der Waals surface area contributed by atoms with Gasteiger partial charge in [-0.05, 0) is 107 Å².